The number of aliphatic carboxylic acids is 1. The molecule has 1 amide bonds. The fourth-order valence-electron chi connectivity index (χ4n) is 1.45. The summed E-state index contributed by atoms with van der Waals surface area (Å²) in [6, 6.07) is -0.844. The van der Waals surface area contributed by atoms with Gasteiger partial charge in [0, 0.05) is 0 Å². The normalized spacial score (nSPS) is 22.4. The number of nitrogens with one attached hydrogen (secondary N) is 1. The van der Waals surface area contributed by atoms with Crippen molar-refractivity contribution >= 4 is 11.9 Å². The number of ether oxygens (including phenoxy) is 2. The number of rotatable bonds is 5. The van der Waals surface area contributed by atoms with Gasteiger partial charge in [-0.3, -0.25) is 4.79 Å². The lowest BCUT2D eigenvalue weighted by molar-refractivity contribution is -0.152. The molecular formula is C10H17NO5. The largest absolute Gasteiger partial charge is 0.480 e. The van der Waals surface area contributed by atoms with Crippen LogP contribution in [-0.2, 0) is 19.1 Å². The van der Waals surface area contributed by atoms with E-state index in [1.54, 1.807) is 0 Å². The summed E-state index contributed by atoms with van der Waals surface area (Å²) in [6.45, 7) is 2.89. The van der Waals surface area contributed by atoms with Crippen LogP contribution in [0.1, 0.15) is 19.8 Å². The van der Waals surface area contributed by atoms with E-state index in [-0.39, 0.29) is 6.61 Å². The molecule has 2 N–H and O–H groups in total. The molecule has 0 aliphatic carbocycles. The van der Waals surface area contributed by atoms with Gasteiger partial charge in [-0.05, 0) is 6.42 Å². The van der Waals surface area contributed by atoms with E-state index in [1.165, 1.54) is 0 Å². The van der Waals surface area contributed by atoms with Crippen molar-refractivity contribution in [2.24, 2.45) is 0 Å². The predicted octanol–water partition coefficient (Wildman–Crippen LogP) is -0.229. The molecule has 2 atom stereocenters. The van der Waals surface area contributed by atoms with Crippen LogP contribution in [0, 0.1) is 0 Å². The molecule has 6 nitrogen and oxygen atoms in total. The summed E-state index contributed by atoms with van der Waals surface area (Å²) < 4.78 is 10.2. The van der Waals surface area contributed by atoms with Crippen LogP contribution >= 0.6 is 0 Å². The molecule has 0 aromatic rings. The Morgan fingerprint density at radius 3 is 2.75 bits per heavy atom. The Hall–Kier alpha value is -1.14. The molecule has 0 aromatic heterocycles. The molecule has 2 unspecified atom stereocenters. The van der Waals surface area contributed by atoms with Crippen molar-refractivity contribution in [1.82, 2.24) is 5.32 Å². The highest BCUT2D eigenvalue weighted by atomic mass is 16.6. The quantitative estimate of drug-likeness (QED) is 0.682. The van der Waals surface area contributed by atoms with Crippen LogP contribution in [0.15, 0.2) is 0 Å². The van der Waals surface area contributed by atoms with Crippen molar-refractivity contribution in [2.75, 3.05) is 19.8 Å². The van der Waals surface area contributed by atoms with Gasteiger partial charge in [0.05, 0.1) is 19.8 Å². The third-order valence-corrected chi connectivity index (χ3v) is 2.30. The molecule has 0 spiro atoms. The molecule has 0 bridgehead atoms. The van der Waals surface area contributed by atoms with Gasteiger partial charge in [0.15, 0.2) is 6.10 Å². The second-order valence-electron chi connectivity index (χ2n) is 3.62. The van der Waals surface area contributed by atoms with Crippen molar-refractivity contribution in [3.8, 4) is 0 Å². The Kier molecular flexibility index (Phi) is 5.21. The zero-order chi connectivity index (χ0) is 12.0. The van der Waals surface area contributed by atoms with Crippen molar-refractivity contribution in [3.63, 3.8) is 0 Å². The molecular weight excluding hydrogens is 214 g/mol. The van der Waals surface area contributed by atoms with Gasteiger partial charge in [0.25, 0.3) is 5.91 Å². The minimum absolute atomic E-state index is 0.185. The molecule has 1 fully saturated rings. The Morgan fingerprint density at radius 1 is 1.50 bits per heavy atom. The molecule has 92 valence electrons. The van der Waals surface area contributed by atoms with Crippen LogP contribution in [0.4, 0.5) is 0 Å². The van der Waals surface area contributed by atoms with E-state index in [2.05, 4.69) is 5.32 Å². The molecule has 1 heterocycles. The lowest BCUT2D eigenvalue weighted by atomic mass is 10.1. The molecule has 1 aliphatic rings. The Morgan fingerprint density at radius 2 is 2.25 bits per heavy atom. The number of carbonyl (C=O) groups is 2. The summed E-state index contributed by atoms with van der Waals surface area (Å²) in [5, 5.41) is 11.3. The smallest absolute Gasteiger partial charge is 0.326 e. The molecule has 0 aromatic carbocycles. The Balaban J connectivity index is 2.43. The number of hydrogen-bond donors (Lipinski definition) is 2. The van der Waals surface area contributed by atoms with Crippen molar-refractivity contribution < 1.29 is 24.2 Å². The molecule has 1 aliphatic heterocycles. The van der Waals surface area contributed by atoms with Crippen LogP contribution < -0.4 is 5.32 Å². The fraction of sp³-hybridized carbons (Fsp3) is 0.800. The minimum atomic E-state index is -1.02. The van der Waals surface area contributed by atoms with Gasteiger partial charge in [-0.25, -0.2) is 4.79 Å². The average molecular weight is 231 g/mol. The molecule has 6 heteroatoms. The topological polar surface area (TPSA) is 84.9 Å². The maximum atomic E-state index is 11.6. The van der Waals surface area contributed by atoms with E-state index in [1.807, 2.05) is 6.92 Å². The minimum Gasteiger partial charge on any atom is -0.480 e. The lowest BCUT2D eigenvalue weighted by Crippen LogP contribution is -2.49. The summed E-state index contributed by atoms with van der Waals surface area (Å²) in [5.74, 6) is -1.44. The SMILES string of the molecule is CCCC(NC(=O)C1COCCO1)C(=O)O. The number of carbonyl (C=O) groups excluding carboxylic acids is 1. The monoisotopic (exact) mass is 231 g/mol. The van der Waals surface area contributed by atoms with E-state index < -0.39 is 24.0 Å². The number of carboxylic acid groups (broad SMARTS) is 1. The second kappa shape index (κ2) is 6.44. The summed E-state index contributed by atoms with van der Waals surface area (Å²) >= 11 is 0. The molecule has 1 saturated heterocycles. The van der Waals surface area contributed by atoms with Crippen LogP contribution in [0.25, 0.3) is 0 Å². The molecule has 0 saturated carbocycles. The summed E-state index contributed by atoms with van der Waals surface area (Å²) in [4.78, 5) is 22.4. The fourth-order valence-corrected chi connectivity index (χ4v) is 1.45. The van der Waals surface area contributed by atoms with Crippen molar-refractivity contribution in [3.05, 3.63) is 0 Å². The van der Waals surface area contributed by atoms with E-state index in [4.69, 9.17) is 14.6 Å². The highest BCUT2D eigenvalue weighted by molar-refractivity contribution is 5.86. The molecule has 1 rings (SSSR count). The van der Waals surface area contributed by atoms with Crippen LogP contribution in [0.2, 0.25) is 0 Å². The van der Waals surface area contributed by atoms with Gasteiger partial charge >= 0.3 is 5.97 Å². The first kappa shape index (κ1) is 12.9. The first-order chi connectivity index (χ1) is 7.65. The zero-order valence-corrected chi connectivity index (χ0v) is 9.27. The van der Waals surface area contributed by atoms with Gasteiger partial charge < -0.3 is 19.9 Å². The molecule has 0 radical (unpaired) electrons. The van der Waals surface area contributed by atoms with E-state index in [9.17, 15) is 9.59 Å². The molecule has 16 heavy (non-hydrogen) atoms. The Labute approximate surface area is 93.9 Å². The van der Waals surface area contributed by atoms with E-state index in [0.717, 1.165) is 0 Å². The van der Waals surface area contributed by atoms with Gasteiger partial charge in [-0.15, -0.1) is 0 Å². The maximum absolute atomic E-state index is 11.6. The third-order valence-electron chi connectivity index (χ3n) is 2.30. The number of carboxylic acids is 1. The first-order valence-corrected chi connectivity index (χ1v) is 5.37. The number of amides is 1. The van der Waals surface area contributed by atoms with Gasteiger partial charge in [-0.1, -0.05) is 13.3 Å². The Bertz CT molecular complexity index is 250. The van der Waals surface area contributed by atoms with Crippen molar-refractivity contribution in [1.29, 1.82) is 0 Å². The second-order valence-corrected chi connectivity index (χ2v) is 3.62. The summed E-state index contributed by atoms with van der Waals surface area (Å²) in [7, 11) is 0. The van der Waals surface area contributed by atoms with E-state index >= 15 is 0 Å². The standard InChI is InChI=1S/C10H17NO5/c1-2-3-7(10(13)14)11-9(12)8-6-15-4-5-16-8/h7-8H,2-6H2,1H3,(H,11,12)(H,13,14). The average Bonchev–Trinajstić information content (AvgIpc) is 2.29. The van der Waals surface area contributed by atoms with Gasteiger partial charge in [-0.2, -0.15) is 0 Å². The highest BCUT2D eigenvalue weighted by Crippen LogP contribution is 2.03. The third kappa shape index (κ3) is 3.79. The van der Waals surface area contributed by atoms with Crippen LogP contribution in [0.3, 0.4) is 0 Å². The maximum Gasteiger partial charge on any atom is 0.326 e. The predicted molar refractivity (Wildman–Crippen MR) is 55.0 cm³/mol. The highest BCUT2D eigenvalue weighted by Gasteiger charge is 2.27. The zero-order valence-electron chi connectivity index (χ0n) is 9.27. The summed E-state index contributed by atoms with van der Waals surface area (Å²) in [6.07, 6.45) is 0.418. The number of hydrogen-bond acceptors (Lipinski definition) is 4. The van der Waals surface area contributed by atoms with Gasteiger partial charge in [0.1, 0.15) is 6.04 Å². The first-order valence-electron chi connectivity index (χ1n) is 5.37. The summed E-state index contributed by atoms with van der Waals surface area (Å²) in [5.41, 5.74) is 0. The van der Waals surface area contributed by atoms with Crippen molar-refractivity contribution in [2.45, 2.75) is 31.9 Å². The lowest BCUT2D eigenvalue weighted by Gasteiger charge is -2.23. The van der Waals surface area contributed by atoms with E-state index in [0.29, 0.717) is 26.1 Å². The van der Waals surface area contributed by atoms with Crippen LogP contribution in [0.5, 0.6) is 0 Å². The van der Waals surface area contributed by atoms with Gasteiger partial charge in [0.2, 0.25) is 0 Å². The van der Waals surface area contributed by atoms with Crippen LogP contribution in [-0.4, -0.2) is 48.9 Å².